The molecule has 2 heterocycles. The maximum Gasteiger partial charge on any atom is 0.192 e. The molecule has 1 fully saturated rings. The van der Waals surface area contributed by atoms with E-state index in [2.05, 4.69) is 5.32 Å². The van der Waals surface area contributed by atoms with Crippen LogP contribution < -0.4 is 5.32 Å². The first-order valence-electron chi connectivity index (χ1n) is 8.42. The van der Waals surface area contributed by atoms with E-state index in [1.807, 2.05) is 23.1 Å². The van der Waals surface area contributed by atoms with Crippen LogP contribution in [0.1, 0.15) is 28.8 Å². The van der Waals surface area contributed by atoms with Gasteiger partial charge in [-0.25, -0.2) is 4.39 Å². The number of fused-ring (bicyclic) bond motifs is 1. The predicted octanol–water partition coefficient (Wildman–Crippen LogP) is 2.76. The van der Waals surface area contributed by atoms with E-state index in [1.165, 1.54) is 12.1 Å². The molecule has 0 aromatic heterocycles. The van der Waals surface area contributed by atoms with Crippen molar-refractivity contribution in [2.45, 2.75) is 18.6 Å². The monoisotopic (exact) mass is 338 g/mol. The van der Waals surface area contributed by atoms with Gasteiger partial charge in [0.1, 0.15) is 11.6 Å². The lowest BCUT2D eigenvalue weighted by atomic mass is 9.94. The number of nitrogens with zero attached hydrogens (tertiary/aromatic N) is 1. The number of hydrogen-bond donors (Lipinski definition) is 2. The Morgan fingerprint density at radius 2 is 1.84 bits per heavy atom. The number of hydrogen-bond acceptors (Lipinski definition) is 4. The highest BCUT2D eigenvalue weighted by atomic mass is 19.1. The number of halogens is 1. The van der Waals surface area contributed by atoms with Crippen LogP contribution >= 0.6 is 0 Å². The smallest absolute Gasteiger partial charge is 0.192 e. The summed E-state index contributed by atoms with van der Waals surface area (Å²) in [5.74, 6) is 0.246. The quantitative estimate of drug-likeness (QED) is 0.845. The minimum Gasteiger partial charge on any atom is -0.371 e. The van der Waals surface area contributed by atoms with E-state index >= 15 is 0 Å². The average molecular weight is 338 g/mol. The molecule has 0 radical (unpaired) electrons. The summed E-state index contributed by atoms with van der Waals surface area (Å²) in [4.78, 5) is 14.8. The van der Waals surface area contributed by atoms with Crippen LogP contribution in [0, 0.1) is 5.82 Å². The van der Waals surface area contributed by atoms with Gasteiger partial charge in [-0.15, -0.1) is 0 Å². The van der Waals surface area contributed by atoms with E-state index in [0.29, 0.717) is 29.1 Å². The molecule has 0 saturated carbocycles. The Bertz CT molecular complexity index is 833. The van der Waals surface area contributed by atoms with Gasteiger partial charge in [0, 0.05) is 36.2 Å². The molecular weight excluding hydrogens is 319 g/mol. The molecule has 1 atom stereocenters. The van der Waals surface area contributed by atoms with E-state index in [4.69, 9.17) is 0 Å². The summed E-state index contributed by atoms with van der Waals surface area (Å²) >= 11 is 0. The van der Waals surface area contributed by atoms with Gasteiger partial charge in [0.25, 0.3) is 0 Å². The highest BCUT2D eigenvalue weighted by molar-refractivity contribution is 6.09. The van der Waals surface area contributed by atoms with Crippen molar-refractivity contribution in [3.05, 3.63) is 82.9 Å². The molecule has 0 amide bonds. The number of carbonyl (C=O) groups excluding carboxylic acids is 1. The molecule has 2 aliphatic rings. The Morgan fingerprint density at radius 1 is 1.12 bits per heavy atom. The van der Waals surface area contributed by atoms with Crippen LogP contribution in [0.2, 0.25) is 0 Å². The van der Waals surface area contributed by atoms with E-state index in [0.717, 1.165) is 13.0 Å². The van der Waals surface area contributed by atoms with Crippen molar-refractivity contribution in [2.75, 3.05) is 13.1 Å². The van der Waals surface area contributed by atoms with Gasteiger partial charge in [-0.1, -0.05) is 42.5 Å². The first-order chi connectivity index (χ1) is 12.1. The Hall–Kier alpha value is -2.66. The zero-order valence-corrected chi connectivity index (χ0v) is 13.7. The van der Waals surface area contributed by atoms with E-state index < -0.39 is 5.72 Å². The molecule has 0 bridgehead atoms. The number of aliphatic hydroxyl groups is 1. The van der Waals surface area contributed by atoms with Crippen LogP contribution in [0.4, 0.5) is 4.39 Å². The third kappa shape index (κ3) is 2.61. The molecule has 25 heavy (non-hydrogen) atoms. The van der Waals surface area contributed by atoms with Gasteiger partial charge in [-0.2, -0.15) is 0 Å². The summed E-state index contributed by atoms with van der Waals surface area (Å²) < 4.78 is 13.3. The molecule has 2 aliphatic heterocycles. The SMILES string of the molecule is O=C(C1=C2NCCCN2C(O)(c2ccc(F)cc2)C1)c1ccccc1. The van der Waals surface area contributed by atoms with Crippen molar-refractivity contribution in [3.63, 3.8) is 0 Å². The van der Waals surface area contributed by atoms with Gasteiger partial charge in [0.05, 0.1) is 0 Å². The van der Waals surface area contributed by atoms with Crippen LogP contribution in [0.15, 0.2) is 66.0 Å². The normalized spacial score (nSPS) is 22.6. The summed E-state index contributed by atoms with van der Waals surface area (Å²) in [6.45, 7) is 1.40. The topological polar surface area (TPSA) is 52.6 Å². The van der Waals surface area contributed by atoms with E-state index in [1.54, 1.807) is 24.3 Å². The Morgan fingerprint density at radius 3 is 2.56 bits per heavy atom. The third-order valence-electron chi connectivity index (χ3n) is 4.89. The minimum absolute atomic E-state index is 0.0898. The van der Waals surface area contributed by atoms with Gasteiger partial charge in [0.2, 0.25) is 0 Å². The second-order valence-corrected chi connectivity index (χ2v) is 6.45. The molecule has 128 valence electrons. The minimum atomic E-state index is -1.34. The fourth-order valence-electron chi connectivity index (χ4n) is 3.64. The van der Waals surface area contributed by atoms with Crippen LogP contribution in [0.25, 0.3) is 0 Å². The van der Waals surface area contributed by atoms with Crippen LogP contribution in [0.5, 0.6) is 0 Å². The average Bonchev–Trinajstić information content (AvgIpc) is 2.97. The van der Waals surface area contributed by atoms with Gasteiger partial charge in [-0.05, 0) is 18.6 Å². The Kier molecular flexibility index (Phi) is 3.81. The Labute approximate surface area is 145 Å². The molecule has 2 aromatic carbocycles. The number of Topliss-reactive ketones (excluding diaryl/α,β-unsaturated/α-hetero) is 1. The fourth-order valence-corrected chi connectivity index (χ4v) is 3.64. The molecule has 4 nitrogen and oxygen atoms in total. The molecule has 2 N–H and O–H groups in total. The number of nitrogens with one attached hydrogen (secondary N) is 1. The highest BCUT2D eigenvalue weighted by Gasteiger charge is 2.47. The van der Waals surface area contributed by atoms with Gasteiger partial charge < -0.3 is 15.3 Å². The zero-order chi connectivity index (χ0) is 17.4. The largest absolute Gasteiger partial charge is 0.371 e. The van der Waals surface area contributed by atoms with Gasteiger partial charge >= 0.3 is 0 Å². The molecule has 5 heteroatoms. The summed E-state index contributed by atoms with van der Waals surface area (Å²) in [7, 11) is 0. The lowest BCUT2D eigenvalue weighted by Gasteiger charge is -2.40. The first kappa shape index (κ1) is 15.8. The van der Waals surface area contributed by atoms with E-state index in [9.17, 15) is 14.3 Å². The summed E-state index contributed by atoms with van der Waals surface area (Å²) in [6.07, 6.45) is 1.04. The van der Waals surface area contributed by atoms with Crippen molar-refractivity contribution in [3.8, 4) is 0 Å². The number of rotatable bonds is 3. The second kappa shape index (κ2) is 6.01. The predicted molar refractivity (Wildman–Crippen MR) is 92.0 cm³/mol. The van der Waals surface area contributed by atoms with Crippen molar-refractivity contribution < 1.29 is 14.3 Å². The molecule has 2 aromatic rings. The Balaban J connectivity index is 1.75. The summed E-state index contributed by atoms with van der Waals surface area (Å²) in [5, 5.41) is 14.7. The molecule has 0 spiro atoms. The maximum absolute atomic E-state index is 13.3. The fraction of sp³-hybridized carbons (Fsp3) is 0.250. The molecular formula is C20H19FN2O2. The van der Waals surface area contributed by atoms with Crippen LogP contribution in [-0.4, -0.2) is 28.9 Å². The van der Waals surface area contributed by atoms with Gasteiger partial charge in [0.15, 0.2) is 11.5 Å². The van der Waals surface area contributed by atoms with E-state index in [-0.39, 0.29) is 18.0 Å². The highest BCUT2D eigenvalue weighted by Crippen LogP contribution is 2.43. The van der Waals surface area contributed by atoms with Crippen molar-refractivity contribution >= 4 is 5.78 Å². The van der Waals surface area contributed by atoms with Crippen molar-refractivity contribution in [2.24, 2.45) is 0 Å². The van der Waals surface area contributed by atoms with Gasteiger partial charge in [-0.3, -0.25) is 4.79 Å². The summed E-state index contributed by atoms with van der Waals surface area (Å²) in [5.41, 5.74) is 0.417. The molecule has 4 rings (SSSR count). The summed E-state index contributed by atoms with van der Waals surface area (Å²) in [6, 6.07) is 14.9. The number of benzene rings is 2. The lowest BCUT2D eigenvalue weighted by Crippen LogP contribution is -2.48. The number of ketones is 1. The zero-order valence-electron chi connectivity index (χ0n) is 13.7. The maximum atomic E-state index is 13.3. The van der Waals surface area contributed by atoms with Crippen molar-refractivity contribution in [1.29, 1.82) is 0 Å². The first-order valence-corrected chi connectivity index (χ1v) is 8.42. The van der Waals surface area contributed by atoms with Crippen molar-refractivity contribution in [1.82, 2.24) is 10.2 Å². The number of carbonyl (C=O) groups is 1. The molecule has 0 aliphatic carbocycles. The van der Waals surface area contributed by atoms with Crippen LogP contribution in [0.3, 0.4) is 0 Å². The molecule has 1 unspecified atom stereocenters. The molecule has 1 saturated heterocycles. The third-order valence-corrected chi connectivity index (χ3v) is 4.89. The lowest BCUT2D eigenvalue weighted by molar-refractivity contribution is -0.0895. The van der Waals surface area contributed by atoms with Crippen LogP contribution in [-0.2, 0) is 5.72 Å². The second-order valence-electron chi connectivity index (χ2n) is 6.45. The standard InChI is InChI=1S/C20H19FN2O2/c21-16-9-7-15(8-10-16)20(25)13-17(19-22-11-4-12-23(19)20)18(24)14-5-2-1-3-6-14/h1-3,5-10,22,25H,4,11-13H2.